The smallest absolute Gasteiger partial charge is 0.141 e. The van der Waals surface area contributed by atoms with Crippen LogP contribution >= 0.6 is 11.6 Å². The van der Waals surface area contributed by atoms with Gasteiger partial charge in [-0.2, -0.15) is 0 Å². The van der Waals surface area contributed by atoms with E-state index in [9.17, 15) is 9.50 Å². The van der Waals surface area contributed by atoms with Gasteiger partial charge >= 0.3 is 0 Å². The number of hydrogen-bond acceptors (Lipinski definition) is 2. The quantitative estimate of drug-likeness (QED) is 0.788. The Morgan fingerprint density at radius 3 is 2.71 bits per heavy atom. The third kappa shape index (κ3) is 1.75. The predicted molar refractivity (Wildman–Crippen MR) is 52.7 cm³/mol. The van der Waals surface area contributed by atoms with Crippen molar-refractivity contribution in [2.45, 2.75) is 6.10 Å². The van der Waals surface area contributed by atoms with E-state index in [1.54, 1.807) is 6.07 Å². The van der Waals surface area contributed by atoms with E-state index in [2.05, 4.69) is 5.32 Å². The third-order valence-corrected chi connectivity index (χ3v) is 2.83. The number of aliphatic hydroxyl groups excluding tert-OH is 1. The van der Waals surface area contributed by atoms with Crippen LogP contribution in [0.5, 0.6) is 0 Å². The van der Waals surface area contributed by atoms with E-state index >= 15 is 0 Å². The molecule has 1 fully saturated rings. The first-order valence-corrected chi connectivity index (χ1v) is 4.90. The lowest BCUT2D eigenvalue weighted by atomic mass is 9.91. The molecule has 14 heavy (non-hydrogen) atoms. The first-order valence-electron chi connectivity index (χ1n) is 4.52. The number of halogens is 2. The maximum Gasteiger partial charge on any atom is 0.141 e. The van der Waals surface area contributed by atoms with E-state index in [0.717, 1.165) is 13.1 Å². The molecule has 1 saturated heterocycles. The highest BCUT2D eigenvalue weighted by atomic mass is 35.5. The second-order valence-corrected chi connectivity index (χ2v) is 3.94. The van der Waals surface area contributed by atoms with Crippen LogP contribution in [0.3, 0.4) is 0 Å². The molecule has 76 valence electrons. The summed E-state index contributed by atoms with van der Waals surface area (Å²) < 4.78 is 12.8. The Labute approximate surface area is 86.7 Å². The second kappa shape index (κ2) is 3.85. The molecule has 0 amide bonds. The number of rotatable bonds is 2. The molecule has 0 aromatic heterocycles. The summed E-state index contributed by atoms with van der Waals surface area (Å²) >= 11 is 5.62. The topological polar surface area (TPSA) is 32.3 Å². The summed E-state index contributed by atoms with van der Waals surface area (Å²) in [6, 6.07) is 4.34. The summed E-state index contributed by atoms with van der Waals surface area (Å²) in [6.45, 7) is 1.60. The molecule has 0 radical (unpaired) electrons. The Hall–Kier alpha value is -0.640. The summed E-state index contributed by atoms with van der Waals surface area (Å²) in [5.41, 5.74) is 0.683. The van der Waals surface area contributed by atoms with Crippen molar-refractivity contribution in [3.8, 4) is 0 Å². The first kappa shape index (κ1) is 9.90. The van der Waals surface area contributed by atoms with Crippen LogP contribution in [0.25, 0.3) is 0 Å². The molecule has 0 saturated carbocycles. The molecular formula is C10H11ClFNO. The molecule has 1 aliphatic heterocycles. The fourth-order valence-corrected chi connectivity index (χ4v) is 1.69. The number of aliphatic hydroxyl groups is 1. The van der Waals surface area contributed by atoms with Crippen molar-refractivity contribution in [3.05, 3.63) is 34.6 Å². The van der Waals surface area contributed by atoms with Gasteiger partial charge in [-0.15, -0.1) is 0 Å². The largest absolute Gasteiger partial charge is 0.388 e. The van der Waals surface area contributed by atoms with E-state index < -0.39 is 11.9 Å². The van der Waals surface area contributed by atoms with Crippen molar-refractivity contribution < 1.29 is 9.50 Å². The van der Waals surface area contributed by atoms with Crippen molar-refractivity contribution in [1.29, 1.82) is 0 Å². The molecule has 0 aliphatic carbocycles. The predicted octanol–water partition coefficient (Wildman–Crippen LogP) is 1.73. The van der Waals surface area contributed by atoms with Crippen molar-refractivity contribution in [1.82, 2.24) is 5.32 Å². The highest BCUT2D eigenvalue weighted by Gasteiger charge is 2.26. The van der Waals surface area contributed by atoms with Crippen LogP contribution in [0, 0.1) is 11.7 Å². The maximum absolute atomic E-state index is 12.8. The molecule has 1 aromatic rings. The Morgan fingerprint density at radius 2 is 2.21 bits per heavy atom. The lowest BCUT2D eigenvalue weighted by Crippen LogP contribution is -2.45. The molecule has 1 atom stereocenters. The molecular weight excluding hydrogens is 205 g/mol. The van der Waals surface area contributed by atoms with Gasteiger partial charge in [0.1, 0.15) is 5.82 Å². The maximum atomic E-state index is 12.8. The van der Waals surface area contributed by atoms with Crippen LogP contribution in [-0.2, 0) is 0 Å². The van der Waals surface area contributed by atoms with Crippen molar-refractivity contribution in [2.24, 2.45) is 5.92 Å². The Balaban J connectivity index is 2.18. The van der Waals surface area contributed by atoms with Crippen LogP contribution in [0.15, 0.2) is 18.2 Å². The lowest BCUT2D eigenvalue weighted by molar-refractivity contribution is 0.0767. The summed E-state index contributed by atoms with van der Waals surface area (Å²) in [7, 11) is 0. The number of benzene rings is 1. The summed E-state index contributed by atoms with van der Waals surface area (Å²) in [6.07, 6.45) is -0.547. The molecule has 2 nitrogen and oxygen atoms in total. The molecule has 0 bridgehead atoms. The van der Waals surface area contributed by atoms with Crippen molar-refractivity contribution in [3.63, 3.8) is 0 Å². The average Bonchev–Trinajstić information content (AvgIpc) is 2.06. The molecule has 1 aromatic carbocycles. The zero-order valence-corrected chi connectivity index (χ0v) is 8.26. The minimum absolute atomic E-state index is 0.0637. The van der Waals surface area contributed by atoms with E-state index in [0.29, 0.717) is 5.56 Å². The minimum Gasteiger partial charge on any atom is -0.388 e. The number of nitrogens with one attached hydrogen (secondary N) is 1. The van der Waals surface area contributed by atoms with Gasteiger partial charge in [-0.1, -0.05) is 17.7 Å². The SMILES string of the molecule is OC(c1ccc(F)c(Cl)c1)C1CNC1. The van der Waals surface area contributed by atoms with Gasteiger partial charge in [0, 0.05) is 19.0 Å². The van der Waals surface area contributed by atoms with Gasteiger partial charge in [-0.05, 0) is 17.7 Å². The Bertz CT molecular complexity index is 341. The van der Waals surface area contributed by atoms with Crippen LogP contribution in [0.2, 0.25) is 5.02 Å². The van der Waals surface area contributed by atoms with Gasteiger partial charge in [-0.3, -0.25) is 0 Å². The zero-order valence-electron chi connectivity index (χ0n) is 7.50. The standard InChI is InChI=1S/C10H11ClFNO/c11-8-3-6(1-2-9(8)12)10(14)7-4-13-5-7/h1-3,7,10,13-14H,4-5H2. The fourth-order valence-electron chi connectivity index (χ4n) is 1.50. The van der Waals surface area contributed by atoms with Crippen LogP contribution in [-0.4, -0.2) is 18.2 Å². The average molecular weight is 216 g/mol. The molecule has 0 spiro atoms. The molecule has 4 heteroatoms. The number of hydrogen-bond donors (Lipinski definition) is 2. The van der Waals surface area contributed by atoms with Gasteiger partial charge in [-0.25, -0.2) is 4.39 Å². The summed E-state index contributed by atoms with van der Waals surface area (Å²) in [5.74, 6) is -0.231. The molecule has 1 aliphatic rings. The van der Waals surface area contributed by atoms with E-state index in [1.165, 1.54) is 12.1 Å². The normalized spacial score (nSPS) is 19.1. The monoisotopic (exact) mass is 215 g/mol. The van der Waals surface area contributed by atoms with Crippen LogP contribution in [0.4, 0.5) is 4.39 Å². The Kier molecular flexibility index (Phi) is 2.72. The van der Waals surface area contributed by atoms with Gasteiger partial charge in [0.25, 0.3) is 0 Å². The zero-order chi connectivity index (χ0) is 10.1. The molecule has 1 unspecified atom stereocenters. The minimum atomic E-state index is -0.547. The Morgan fingerprint density at radius 1 is 1.50 bits per heavy atom. The molecule has 2 rings (SSSR count). The summed E-state index contributed by atoms with van der Waals surface area (Å²) in [4.78, 5) is 0. The molecule has 2 N–H and O–H groups in total. The highest BCUT2D eigenvalue weighted by molar-refractivity contribution is 6.30. The first-order chi connectivity index (χ1) is 6.68. The van der Waals surface area contributed by atoms with Crippen molar-refractivity contribution >= 4 is 11.6 Å². The third-order valence-electron chi connectivity index (χ3n) is 2.54. The van der Waals surface area contributed by atoms with Gasteiger partial charge in [0.05, 0.1) is 11.1 Å². The van der Waals surface area contributed by atoms with E-state index in [1.807, 2.05) is 0 Å². The van der Waals surface area contributed by atoms with Crippen LogP contribution < -0.4 is 5.32 Å². The van der Waals surface area contributed by atoms with Gasteiger partial charge in [0.15, 0.2) is 0 Å². The van der Waals surface area contributed by atoms with Gasteiger partial charge in [0.2, 0.25) is 0 Å². The molecule has 1 heterocycles. The van der Waals surface area contributed by atoms with E-state index in [4.69, 9.17) is 11.6 Å². The lowest BCUT2D eigenvalue weighted by Gasteiger charge is -2.31. The summed E-state index contributed by atoms with van der Waals surface area (Å²) in [5, 5.41) is 13.0. The van der Waals surface area contributed by atoms with Gasteiger partial charge < -0.3 is 10.4 Å². The highest BCUT2D eigenvalue weighted by Crippen LogP contribution is 2.27. The van der Waals surface area contributed by atoms with Crippen LogP contribution in [0.1, 0.15) is 11.7 Å². The fraction of sp³-hybridized carbons (Fsp3) is 0.400. The van der Waals surface area contributed by atoms with E-state index in [-0.39, 0.29) is 10.9 Å². The second-order valence-electron chi connectivity index (χ2n) is 3.54. The van der Waals surface area contributed by atoms with Crippen molar-refractivity contribution in [2.75, 3.05) is 13.1 Å².